The molecule has 12 heteroatoms. The molecule has 1 aliphatic heterocycles. The first-order valence-electron chi connectivity index (χ1n) is 13.7. The Labute approximate surface area is 246 Å². The fourth-order valence-corrected chi connectivity index (χ4v) is 5.20. The normalized spacial score (nSPS) is 14.2. The number of hydrogen-bond acceptors (Lipinski definition) is 8. The average Bonchev–Trinajstić information content (AvgIpc) is 3.44. The van der Waals surface area contributed by atoms with Gasteiger partial charge in [-0.3, -0.25) is 4.98 Å². The van der Waals surface area contributed by atoms with Crippen LogP contribution in [0.1, 0.15) is 5.69 Å². The van der Waals surface area contributed by atoms with Gasteiger partial charge in [0.15, 0.2) is 0 Å². The van der Waals surface area contributed by atoms with Crippen LogP contribution < -0.4 is 19.7 Å². The van der Waals surface area contributed by atoms with Crippen LogP contribution in [0.4, 0.5) is 30.5 Å². The Morgan fingerprint density at radius 1 is 0.884 bits per heavy atom. The summed E-state index contributed by atoms with van der Waals surface area (Å²) >= 11 is 0. The SMILES string of the molecule is COc1ccc2c(-c3nc(Nc4ccc(N5CCN(C)CC5)c(OC)c4)ncc3-c3ccc(C(F)(F)F)nc3)c[nH]c2c1. The molecule has 3 aromatic heterocycles. The van der Waals surface area contributed by atoms with Gasteiger partial charge in [0.25, 0.3) is 0 Å². The molecule has 0 atom stereocenters. The van der Waals surface area contributed by atoms with Gasteiger partial charge in [-0.2, -0.15) is 13.2 Å². The van der Waals surface area contributed by atoms with Crippen LogP contribution in [0.3, 0.4) is 0 Å². The van der Waals surface area contributed by atoms with Crippen LogP contribution in [0, 0.1) is 0 Å². The van der Waals surface area contributed by atoms with Crippen LogP contribution in [-0.2, 0) is 6.18 Å². The van der Waals surface area contributed by atoms with Crippen LogP contribution in [0.25, 0.3) is 33.3 Å². The van der Waals surface area contributed by atoms with Crippen molar-refractivity contribution in [1.29, 1.82) is 0 Å². The summed E-state index contributed by atoms with van der Waals surface area (Å²) in [4.78, 5) is 20.9. The summed E-state index contributed by atoms with van der Waals surface area (Å²) < 4.78 is 50.7. The van der Waals surface area contributed by atoms with Gasteiger partial charge < -0.3 is 29.6 Å². The zero-order chi connectivity index (χ0) is 30.1. The predicted octanol–water partition coefficient (Wildman–Crippen LogP) is 6.22. The van der Waals surface area contributed by atoms with Crippen molar-refractivity contribution in [2.75, 3.05) is 57.7 Å². The first kappa shape index (κ1) is 28.3. The molecular formula is C31H30F3N7O2. The van der Waals surface area contributed by atoms with Crippen molar-refractivity contribution in [2.24, 2.45) is 0 Å². The zero-order valence-corrected chi connectivity index (χ0v) is 23.9. The summed E-state index contributed by atoms with van der Waals surface area (Å²) in [7, 11) is 5.35. The van der Waals surface area contributed by atoms with Crippen LogP contribution in [0.15, 0.2) is 67.1 Å². The Balaban J connectivity index is 1.38. The number of alkyl halides is 3. The minimum absolute atomic E-state index is 0.316. The number of fused-ring (bicyclic) bond motifs is 1. The lowest BCUT2D eigenvalue weighted by Gasteiger charge is -2.34. The Hall–Kier alpha value is -4.84. The average molecular weight is 590 g/mol. The molecule has 0 bridgehead atoms. The molecule has 9 nitrogen and oxygen atoms in total. The molecule has 0 radical (unpaired) electrons. The number of halogens is 3. The van der Waals surface area contributed by atoms with Crippen LogP contribution in [0.2, 0.25) is 0 Å². The molecule has 6 rings (SSSR count). The molecule has 0 aliphatic carbocycles. The molecule has 222 valence electrons. The maximum atomic E-state index is 13.2. The molecule has 1 aliphatic rings. The Morgan fingerprint density at radius 3 is 2.40 bits per heavy atom. The topological polar surface area (TPSA) is 91.4 Å². The summed E-state index contributed by atoms with van der Waals surface area (Å²) in [5, 5.41) is 4.13. The van der Waals surface area contributed by atoms with E-state index in [4.69, 9.17) is 14.5 Å². The fourth-order valence-electron chi connectivity index (χ4n) is 5.20. The highest BCUT2D eigenvalue weighted by molar-refractivity contribution is 5.99. The monoisotopic (exact) mass is 589 g/mol. The number of pyridine rings is 1. The van der Waals surface area contributed by atoms with E-state index in [1.165, 1.54) is 12.3 Å². The molecule has 1 fully saturated rings. The number of benzene rings is 2. The van der Waals surface area contributed by atoms with Crippen molar-refractivity contribution in [3.63, 3.8) is 0 Å². The number of anilines is 3. The van der Waals surface area contributed by atoms with Crippen LogP contribution in [-0.4, -0.2) is 72.3 Å². The predicted molar refractivity (Wildman–Crippen MR) is 160 cm³/mol. The van der Waals surface area contributed by atoms with Gasteiger partial charge in [0.05, 0.1) is 25.6 Å². The Kier molecular flexibility index (Phi) is 7.53. The zero-order valence-electron chi connectivity index (χ0n) is 23.9. The first-order chi connectivity index (χ1) is 20.7. The maximum Gasteiger partial charge on any atom is 0.433 e. The van der Waals surface area contributed by atoms with Gasteiger partial charge in [0.2, 0.25) is 5.95 Å². The van der Waals surface area contributed by atoms with E-state index in [1.54, 1.807) is 20.4 Å². The van der Waals surface area contributed by atoms with Gasteiger partial charge in [0, 0.05) is 90.2 Å². The van der Waals surface area contributed by atoms with Crippen molar-refractivity contribution in [2.45, 2.75) is 6.18 Å². The van der Waals surface area contributed by atoms with Crippen molar-refractivity contribution in [3.8, 4) is 33.9 Å². The van der Waals surface area contributed by atoms with Crippen LogP contribution >= 0.6 is 0 Å². The summed E-state index contributed by atoms with van der Waals surface area (Å²) in [6.45, 7) is 3.76. The van der Waals surface area contributed by atoms with E-state index in [9.17, 15) is 13.2 Å². The van der Waals surface area contributed by atoms with E-state index in [0.29, 0.717) is 28.5 Å². The van der Waals surface area contributed by atoms with E-state index in [-0.39, 0.29) is 0 Å². The second-order valence-corrected chi connectivity index (χ2v) is 10.3. The largest absolute Gasteiger partial charge is 0.497 e. The summed E-state index contributed by atoms with van der Waals surface area (Å²) in [6.07, 6.45) is 0.0542. The summed E-state index contributed by atoms with van der Waals surface area (Å²) in [6, 6.07) is 13.8. The highest BCUT2D eigenvalue weighted by atomic mass is 19.4. The number of rotatable bonds is 7. The molecule has 0 amide bonds. The van der Waals surface area contributed by atoms with Gasteiger partial charge in [-0.1, -0.05) is 6.07 Å². The van der Waals surface area contributed by atoms with Crippen molar-refractivity contribution >= 4 is 28.2 Å². The van der Waals surface area contributed by atoms with Crippen LogP contribution in [0.5, 0.6) is 11.5 Å². The van der Waals surface area contributed by atoms with E-state index in [2.05, 4.69) is 37.1 Å². The lowest BCUT2D eigenvalue weighted by molar-refractivity contribution is -0.141. The van der Waals surface area contributed by atoms with Gasteiger partial charge in [0.1, 0.15) is 17.2 Å². The number of nitrogens with one attached hydrogen (secondary N) is 2. The number of aromatic nitrogens is 4. The third-order valence-electron chi connectivity index (χ3n) is 7.58. The molecule has 0 spiro atoms. The van der Waals surface area contributed by atoms with E-state index in [0.717, 1.165) is 65.8 Å². The number of aromatic amines is 1. The number of nitrogens with zero attached hydrogens (tertiary/aromatic N) is 5. The second kappa shape index (κ2) is 11.4. The Morgan fingerprint density at radius 2 is 1.70 bits per heavy atom. The Bertz CT molecular complexity index is 1750. The molecule has 1 saturated heterocycles. The number of likely N-dealkylation sites (N-methyl/N-ethyl adjacent to an activating group) is 1. The number of methoxy groups -OCH3 is 2. The van der Waals surface area contributed by atoms with Gasteiger partial charge in [-0.05, 0) is 37.4 Å². The lowest BCUT2D eigenvalue weighted by atomic mass is 10.0. The maximum absolute atomic E-state index is 13.2. The van der Waals surface area contributed by atoms with Gasteiger partial charge in [-0.15, -0.1) is 0 Å². The van der Waals surface area contributed by atoms with E-state index >= 15 is 0 Å². The minimum atomic E-state index is -4.54. The summed E-state index contributed by atoms with van der Waals surface area (Å²) in [5.41, 5.74) is 3.86. The molecule has 43 heavy (non-hydrogen) atoms. The second-order valence-electron chi connectivity index (χ2n) is 10.3. The number of H-pyrrole nitrogens is 1. The highest BCUT2D eigenvalue weighted by Gasteiger charge is 2.32. The molecule has 0 unspecified atom stereocenters. The van der Waals surface area contributed by atoms with E-state index < -0.39 is 11.9 Å². The van der Waals surface area contributed by atoms with Crippen molar-refractivity contribution < 1.29 is 22.6 Å². The van der Waals surface area contributed by atoms with Crippen molar-refractivity contribution in [3.05, 3.63) is 72.8 Å². The fraction of sp³-hybridized carbons (Fsp3) is 0.258. The highest BCUT2D eigenvalue weighted by Crippen LogP contribution is 2.38. The lowest BCUT2D eigenvalue weighted by Crippen LogP contribution is -2.44. The quantitative estimate of drug-likeness (QED) is 0.231. The third kappa shape index (κ3) is 5.78. The summed E-state index contributed by atoms with van der Waals surface area (Å²) in [5.74, 6) is 1.73. The third-order valence-corrected chi connectivity index (χ3v) is 7.58. The van der Waals surface area contributed by atoms with Crippen molar-refractivity contribution in [1.82, 2.24) is 24.8 Å². The standard InChI is InChI=1S/C31H30F3N7O2/c1-40-10-12-41(13-11-40)26-8-5-20(14-27(26)43-3)38-30-37-17-23(19-4-9-28(36-16-19)31(32,33)34)29(39-30)24-18-35-25-15-21(42-2)6-7-22(24)25/h4-9,14-18,35H,10-13H2,1-3H3,(H,37,38,39). The minimum Gasteiger partial charge on any atom is -0.497 e. The molecule has 2 N–H and O–H groups in total. The smallest absolute Gasteiger partial charge is 0.433 e. The number of hydrogen-bond donors (Lipinski definition) is 2. The molecule has 4 heterocycles. The van der Waals surface area contributed by atoms with E-state index in [1.807, 2.05) is 42.6 Å². The number of piperazine rings is 1. The first-order valence-corrected chi connectivity index (χ1v) is 13.7. The van der Waals surface area contributed by atoms with Gasteiger partial charge in [-0.25, -0.2) is 9.97 Å². The molecule has 5 aromatic rings. The molecular weight excluding hydrogens is 559 g/mol. The molecule has 0 saturated carbocycles. The molecule has 2 aromatic carbocycles. The number of ether oxygens (including phenoxy) is 2. The van der Waals surface area contributed by atoms with Gasteiger partial charge >= 0.3 is 6.18 Å².